The maximum Gasteiger partial charge on any atom is 0.328 e. The maximum absolute atomic E-state index is 12.3. The second-order valence-electron chi connectivity index (χ2n) is 6.38. The van der Waals surface area contributed by atoms with Gasteiger partial charge in [0.25, 0.3) is 5.91 Å². The Hall–Kier alpha value is -1.19. The van der Waals surface area contributed by atoms with Crippen LogP contribution >= 0.6 is 22.6 Å². The summed E-state index contributed by atoms with van der Waals surface area (Å²) in [4.78, 5) is 24.3. The van der Waals surface area contributed by atoms with Gasteiger partial charge in [0.15, 0.2) is 0 Å². The van der Waals surface area contributed by atoms with Crippen LogP contribution in [0.25, 0.3) is 0 Å². The van der Waals surface area contributed by atoms with E-state index in [1.807, 2.05) is 38.1 Å². The summed E-state index contributed by atoms with van der Waals surface area (Å²) >= 11 is 2.20. The van der Waals surface area contributed by atoms with Crippen LogP contribution in [-0.2, 0) is 20.7 Å². The normalized spacial score (nSPS) is 14.7. The summed E-state index contributed by atoms with van der Waals surface area (Å²) < 4.78 is 6.08. The quantitative estimate of drug-likeness (QED) is 0.383. The Morgan fingerprint density at radius 2 is 1.88 bits per heavy atom. The average molecular weight is 462 g/mol. The first-order chi connectivity index (χ1) is 11.7. The zero-order valence-corrected chi connectivity index (χ0v) is 17.0. The van der Waals surface area contributed by atoms with E-state index < -0.39 is 30.1 Å². The van der Waals surface area contributed by atoms with Gasteiger partial charge < -0.3 is 20.9 Å². The van der Waals surface area contributed by atoms with E-state index >= 15 is 0 Å². The smallest absolute Gasteiger partial charge is 0.328 e. The van der Waals surface area contributed by atoms with Crippen molar-refractivity contribution in [2.75, 3.05) is 6.61 Å². The molecule has 0 saturated carbocycles. The van der Waals surface area contributed by atoms with Crippen molar-refractivity contribution in [3.05, 3.63) is 33.4 Å². The van der Waals surface area contributed by atoms with Crippen molar-refractivity contribution < 1.29 is 19.4 Å². The second-order valence-corrected chi connectivity index (χ2v) is 7.63. The minimum Gasteiger partial charge on any atom is -0.464 e. The molecule has 0 bridgehead atoms. The van der Waals surface area contributed by atoms with Gasteiger partial charge in [0.1, 0.15) is 12.1 Å². The fourth-order valence-corrected chi connectivity index (χ4v) is 2.74. The Labute approximate surface area is 162 Å². The number of nitrogens with two attached hydrogens (primary N) is 1. The second kappa shape index (κ2) is 10.7. The topological polar surface area (TPSA) is 102 Å². The SMILES string of the molecule is CCOC(=O)[C@H](CC(C)C)NC(=O)[C@@H](O)[C@H](N)Cc1ccc(I)cc1. The van der Waals surface area contributed by atoms with Crippen LogP contribution in [0.1, 0.15) is 32.8 Å². The van der Waals surface area contributed by atoms with Gasteiger partial charge in [0, 0.05) is 9.61 Å². The van der Waals surface area contributed by atoms with Crippen molar-refractivity contribution in [1.29, 1.82) is 0 Å². The van der Waals surface area contributed by atoms with Gasteiger partial charge >= 0.3 is 5.97 Å². The third-order valence-corrected chi connectivity index (χ3v) is 4.37. The van der Waals surface area contributed by atoms with Crippen molar-refractivity contribution in [2.24, 2.45) is 11.7 Å². The predicted molar refractivity (Wildman–Crippen MR) is 105 cm³/mol. The molecule has 1 aromatic carbocycles. The summed E-state index contributed by atoms with van der Waals surface area (Å²) in [6.45, 7) is 5.82. The molecule has 3 atom stereocenters. The van der Waals surface area contributed by atoms with Crippen molar-refractivity contribution in [3.8, 4) is 0 Å². The highest BCUT2D eigenvalue weighted by Gasteiger charge is 2.29. The lowest BCUT2D eigenvalue weighted by Gasteiger charge is -2.23. The lowest BCUT2D eigenvalue weighted by molar-refractivity contribution is -0.149. The Kier molecular flexibility index (Phi) is 9.37. The van der Waals surface area contributed by atoms with E-state index in [1.165, 1.54) is 0 Å². The first-order valence-corrected chi connectivity index (χ1v) is 9.47. The summed E-state index contributed by atoms with van der Waals surface area (Å²) in [5, 5.41) is 12.8. The van der Waals surface area contributed by atoms with E-state index in [1.54, 1.807) is 6.92 Å². The monoisotopic (exact) mass is 462 g/mol. The fraction of sp³-hybridized carbons (Fsp3) is 0.556. The molecule has 0 saturated heterocycles. The van der Waals surface area contributed by atoms with Crippen molar-refractivity contribution in [1.82, 2.24) is 5.32 Å². The summed E-state index contributed by atoms with van der Waals surface area (Å²) in [6, 6.07) is 6.15. The zero-order valence-electron chi connectivity index (χ0n) is 14.9. The molecule has 0 aliphatic heterocycles. The highest BCUT2D eigenvalue weighted by atomic mass is 127. The number of amides is 1. The van der Waals surface area contributed by atoms with Crippen LogP contribution in [0.5, 0.6) is 0 Å². The van der Waals surface area contributed by atoms with Gasteiger partial charge in [0.05, 0.1) is 6.61 Å². The number of carbonyl (C=O) groups is 2. The highest BCUT2D eigenvalue weighted by Crippen LogP contribution is 2.11. The van der Waals surface area contributed by atoms with Crippen molar-refractivity contribution in [2.45, 2.75) is 51.8 Å². The molecule has 0 spiro atoms. The Morgan fingerprint density at radius 1 is 1.28 bits per heavy atom. The molecule has 25 heavy (non-hydrogen) atoms. The number of hydrogen-bond donors (Lipinski definition) is 3. The van der Waals surface area contributed by atoms with Gasteiger partial charge in [-0.15, -0.1) is 0 Å². The summed E-state index contributed by atoms with van der Waals surface area (Å²) in [7, 11) is 0. The van der Waals surface area contributed by atoms with Gasteiger partial charge in [-0.2, -0.15) is 0 Å². The Balaban J connectivity index is 2.67. The van der Waals surface area contributed by atoms with E-state index in [-0.39, 0.29) is 12.5 Å². The fourth-order valence-electron chi connectivity index (χ4n) is 2.38. The summed E-state index contributed by atoms with van der Waals surface area (Å²) in [5.41, 5.74) is 6.91. The Bertz CT molecular complexity index is 563. The van der Waals surface area contributed by atoms with Crippen LogP contribution < -0.4 is 11.1 Å². The molecule has 1 aromatic rings. The molecule has 6 nitrogen and oxygen atoms in total. The number of esters is 1. The molecule has 0 unspecified atom stereocenters. The van der Waals surface area contributed by atoms with E-state index in [0.717, 1.165) is 9.13 Å². The molecule has 7 heteroatoms. The van der Waals surface area contributed by atoms with Crippen LogP contribution in [0.4, 0.5) is 0 Å². The minimum atomic E-state index is -1.40. The lowest BCUT2D eigenvalue weighted by Crippen LogP contribution is -2.52. The number of benzene rings is 1. The number of ether oxygens (including phenoxy) is 1. The molecule has 1 rings (SSSR count). The molecule has 140 valence electrons. The standard InChI is InChI=1S/C18H27IN2O4/c1-4-25-18(24)15(9-11(2)3)21-17(23)16(22)14(20)10-12-5-7-13(19)8-6-12/h5-8,11,14-16,22H,4,9-10,20H2,1-3H3,(H,21,23)/t14-,15+,16+/m1/s1. The van der Waals surface area contributed by atoms with Gasteiger partial charge in [0.2, 0.25) is 0 Å². The van der Waals surface area contributed by atoms with Crippen LogP contribution in [0, 0.1) is 9.49 Å². The number of hydrogen-bond acceptors (Lipinski definition) is 5. The van der Waals surface area contributed by atoms with Crippen LogP contribution in [0.2, 0.25) is 0 Å². The van der Waals surface area contributed by atoms with E-state index in [2.05, 4.69) is 27.9 Å². The molecule has 0 aliphatic rings. The molecule has 0 fully saturated rings. The zero-order chi connectivity index (χ0) is 19.0. The number of nitrogens with one attached hydrogen (secondary N) is 1. The molecule has 4 N–H and O–H groups in total. The predicted octanol–water partition coefficient (Wildman–Crippen LogP) is 1.62. The van der Waals surface area contributed by atoms with Crippen LogP contribution in [0.3, 0.4) is 0 Å². The molecular weight excluding hydrogens is 435 g/mol. The first-order valence-electron chi connectivity index (χ1n) is 8.39. The molecule has 0 aliphatic carbocycles. The lowest BCUT2D eigenvalue weighted by atomic mass is 10.00. The van der Waals surface area contributed by atoms with Crippen LogP contribution in [-0.4, -0.2) is 41.8 Å². The summed E-state index contributed by atoms with van der Waals surface area (Å²) in [6.07, 6.45) is -0.605. The molecule has 0 radical (unpaired) electrons. The Morgan fingerprint density at radius 3 is 2.40 bits per heavy atom. The maximum atomic E-state index is 12.3. The third kappa shape index (κ3) is 7.70. The molecule has 0 aromatic heterocycles. The molecular formula is C18H27IN2O4. The van der Waals surface area contributed by atoms with E-state index in [9.17, 15) is 14.7 Å². The van der Waals surface area contributed by atoms with E-state index in [4.69, 9.17) is 10.5 Å². The minimum absolute atomic E-state index is 0.187. The number of rotatable bonds is 9. The third-order valence-electron chi connectivity index (χ3n) is 3.65. The number of halogens is 1. The van der Waals surface area contributed by atoms with E-state index in [0.29, 0.717) is 12.8 Å². The summed E-state index contributed by atoms with van der Waals surface area (Å²) in [5.74, 6) is -0.966. The largest absolute Gasteiger partial charge is 0.464 e. The van der Waals surface area contributed by atoms with Crippen molar-refractivity contribution >= 4 is 34.5 Å². The molecule has 1 amide bonds. The van der Waals surface area contributed by atoms with Gasteiger partial charge in [-0.3, -0.25) is 4.79 Å². The van der Waals surface area contributed by atoms with Crippen molar-refractivity contribution in [3.63, 3.8) is 0 Å². The molecule has 0 heterocycles. The number of carbonyl (C=O) groups excluding carboxylic acids is 2. The highest BCUT2D eigenvalue weighted by molar-refractivity contribution is 14.1. The van der Waals surface area contributed by atoms with Crippen LogP contribution in [0.15, 0.2) is 24.3 Å². The number of aliphatic hydroxyl groups is 1. The van der Waals surface area contributed by atoms with Gasteiger partial charge in [-0.1, -0.05) is 26.0 Å². The average Bonchev–Trinajstić information content (AvgIpc) is 2.55. The first kappa shape index (κ1) is 21.9. The van der Waals surface area contributed by atoms with Gasteiger partial charge in [-0.25, -0.2) is 4.79 Å². The number of aliphatic hydroxyl groups excluding tert-OH is 1. The van der Waals surface area contributed by atoms with Gasteiger partial charge in [-0.05, 0) is 66.0 Å².